The Kier molecular flexibility index (Phi) is 4.87. The van der Waals surface area contributed by atoms with E-state index in [0.29, 0.717) is 18.5 Å². The highest BCUT2D eigenvalue weighted by Crippen LogP contribution is 2.47. The Morgan fingerprint density at radius 2 is 2.03 bits per heavy atom. The van der Waals surface area contributed by atoms with E-state index in [9.17, 15) is 4.79 Å². The van der Waals surface area contributed by atoms with Crippen molar-refractivity contribution in [2.75, 3.05) is 18.4 Å². The minimum atomic E-state index is -0.483. The molecule has 1 N–H and O–H groups in total. The number of anilines is 1. The zero-order valence-corrected chi connectivity index (χ0v) is 19.3. The van der Waals surface area contributed by atoms with Crippen LogP contribution in [0.5, 0.6) is 0 Å². The Balaban J connectivity index is 1.32. The van der Waals surface area contributed by atoms with Crippen LogP contribution < -0.4 is 5.32 Å². The van der Waals surface area contributed by atoms with Gasteiger partial charge < -0.3 is 15.0 Å². The highest BCUT2D eigenvalue weighted by atomic mass is 16.6. The number of aromatic nitrogens is 3. The molecule has 0 radical (unpaired) electrons. The molecule has 1 unspecified atom stereocenters. The summed E-state index contributed by atoms with van der Waals surface area (Å²) >= 11 is 0. The van der Waals surface area contributed by atoms with E-state index in [4.69, 9.17) is 9.72 Å². The molecule has 3 aromatic rings. The van der Waals surface area contributed by atoms with Gasteiger partial charge in [0.1, 0.15) is 17.1 Å². The Morgan fingerprint density at radius 3 is 2.78 bits per heavy atom. The van der Waals surface area contributed by atoms with E-state index in [2.05, 4.69) is 40.0 Å². The fourth-order valence-corrected chi connectivity index (χ4v) is 4.24. The molecule has 7 heteroatoms. The molecule has 1 aliphatic carbocycles. The number of rotatable bonds is 4. The van der Waals surface area contributed by atoms with Gasteiger partial charge in [-0.1, -0.05) is 19.1 Å². The summed E-state index contributed by atoms with van der Waals surface area (Å²) in [6.07, 6.45) is 7.18. The smallest absolute Gasteiger partial charge is 0.410 e. The lowest BCUT2D eigenvalue weighted by atomic mass is 10.0. The van der Waals surface area contributed by atoms with Crippen molar-refractivity contribution in [2.24, 2.45) is 0 Å². The number of nitrogens with zero attached hydrogens (tertiary/aromatic N) is 4. The van der Waals surface area contributed by atoms with Crippen LogP contribution in [-0.4, -0.2) is 50.1 Å². The number of hydrogen-bond acceptors (Lipinski definition) is 5. The Labute approximate surface area is 188 Å². The fraction of sp³-hybridized carbons (Fsp3) is 0.480. The number of hydrogen-bond donors (Lipinski definition) is 1. The summed E-state index contributed by atoms with van der Waals surface area (Å²) < 4.78 is 7.64. The normalized spacial score (nSPS) is 19.9. The number of likely N-dealkylation sites (tertiary alicyclic amines) is 1. The molecule has 1 aliphatic heterocycles. The average Bonchev–Trinajstić information content (AvgIpc) is 3.14. The summed E-state index contributed by atoms with van der Waals surface area (Å²) in [5, 5.41) is 3.49. The van der Waals surface area contributed by atoms with Crippen LogP contribution in [0.25, 0.3) is 17.0 Å². The second kappa shape index (κ2) is 7.50. The number of fused-ring (bicyclic) bond motifs is 1. The summed E-state index contributed by atoms with van der Waals surface area (Å²) in [5.74, 6) is 0.804. The third-order valence-electron chi connectivity index (χ3n) is 6.41. The molecule has 7 nitrogen and oxygen atoms in total. The molecule has 168 valence electrons. The fourth-order valence-electron chi connectivity index (χ4n) is 4.24. The van der Waals surface area contributed by atoms with E-state index >= 15 is 0 Å². The first-order chi connectivity index (χ1) is 15.2. The lowest BCUT2D eigenvalue weighted by Gasteiger charge is -2.24. The van der Waals surface area contributed by atoms with Crippen molar-refractivity contribution in [3.8, 4) is 11.4 Å². The molecule has 0 bridgehead atoms. The predicted octanol–water partition coefficient (Wildman–Crippen LogP) is 4.87. The monoisotopic (exact) mass is 433 g/mol. The summed E-state index contributed by atoms with van der Waals surface area (Å²) in [5.41, 5.74) is 3.96. The largest absolute Gasteiger partial charge is 0.444 e. The third-order valence-corrected chi connectivity index (χ3v) is 6.41. The highest BCUT2D eigenvalue weighted by molar-refractivity contribution is 5.69. The maximum Gasteiger partial charge on any atom is 0.410 e. The van der Waals surface area contributed by atoms with Crippen LogP contribution in [0.4, 0.5) is 10.6 Å². The lowest BCUT2D eigenvalue weighted by Crippen LogP contribution is -2.36. The highest BCUT2D eigenvalue weighted by Gasteiger charge is 2.39. The second-order valence-electron chi connectivity index (χ2n) is 10.3. The molecule has 3 aromatic heterocycles. The summed E-state index contributed by atoms with van der Waals surface area (Å²) in [6.45, 7) is 9.27. The van der Waals surface area contributed by atoms with Gasteiger partial charge in [-0.3, -0.25) is 4.40 Å². The SMILES string of the molecule is CC(C)(C)OC(=O)N1CCC(Nc2cccc(-c3cnc4ccc(C5(C)CC5)cn34)n2)C1. The maximum atomic E-state index is 12.3. The summed E-state index contributed by atoms with van der Waals surface area (Å²) in [7, 11) is 0. The zero-order valence-electron chi connectivity index (χ0n) is 19.3. The number of imidazole rings is 1. The minimum absolute atomic E-state index is 0.147. The van der Waals surface area contributed by atoms with Crippen molar-refractivity contribution in [1.29, 1.82) is 0 Å². The second-order valence-corrected chi connectivity index (χ2v) is 10.3. The third kappa shape index (κ3) is 4.16. The quantitative estimate of drug-likeness (QED) is 0.636. The average molecular weight is 434 g/mol. The first-order valence-corrected chi connectivity index (χ1v) is 11.4. The van der Waals surface area contributed by atoms with E-state index in [-0.39, 0.29) is 12.1 Å². The number of carbonyl (C=O) groups excluding carboxylic acids is 1. The summed E-state index contributed by atoms with van der Waals surface area (Å²) in [4.78, 5) is 23.5. The number of ether oxygens (including phenoxy) is 1. The molecule has 2 fully saturated rings. The summed E-state index contributed by atoms with van der Waals surface area (Å²) in [6, 6.07) is 10.4. The zero-order chi connectivity index (χ0) is 22.5. The number of carbonyl (C=O) groups is 1. The standard InChI is InChI=1S/C25H31N5O2/c1-24(2,3)32-23(31)29-13-10-18(16-29)27-21-7-5-6-19(28-21)20-14-26-22-9-8-17(15-30(20)22)25(4)11-12-25/h5-9,14-15,18H,10-13,16H2,1-4H3,(H,27,28). The van der Waals surface area contributed by atoms with Crippen molar-refractivity contribution < 1.29 is 9.53 Å². The van der Waals surface area contributed by atoms with Crippen molar-refractivity contribution in [3.05, 3.63) is 48.3 Å². The Morgan fingerprint density at radius 1 is 1.22 bits per heavy atom. The van der Waals surface area contributed by atoms with Gasteiger partial charge in [-0.05, 0) is 69.2 Å². The number of amides is 1. The molecule has 1 saturated heterocycles. The van der Waals surface area contributed by atoms with Gasteiger partial charge in [-0.2, -0.15) is 0 Å². The molecule has 4 heterocycles. The van der Waals surface area contributed by atoms with Crippen LogP contribution in [0.3, 0.4) is 0 Å². The molecule has 32 heavy (non-hydrogen) atoms. The Bertz CT molecular complexity index is 1160. The van der Waals surface area contributed by atoms with Crippen molar-refractivity contribution in [2.45, 2.75) is 64.0 Å². The van der Waals surface area contributed by atoms with Gasteiger partial charge in [0, 0.05) is 25.3 Å². The Hall–Kier alpha value is -3.09. The van der Waals surface area contributed by atoms with Gasteiger partial charge >= 0.3 is 6.09 Å². The molecule has 0 spiro atoms. The van der Waals surface area contributed by atoms with E-state index < -0.39 is 5.60 Å². The molecule has 5 rings (SSSR count). The maximum absolute atomic E-state index is 12.3. The number of pyridine rings is 2. The van der Waals surface area contributed by atoms with Crippen molar-refractivity contribution in [1.82, 2.24) is 19.3 Å². The molecule has 1 amide bonds. The van der Waals surface area contributed by atoms with E-state index in [0.717, 1.165) is 29.3 Å². The minimum Gasteiger partial charge on any atom is -0.444 e. The first kappa shape index (κ1) is 20.8. The van der Waals surface area contributed by atoms with Crippen LogP contribution in [0.1, 0.15) is 52.5 Å². The van der Waals surface area contributed by atoms with E-state index in [1.54, 1.807) is 4.90 Å². The predicted molar refractivity (Wildman–Crippen MR) is 125 cm³/mol. The topological polar surface area (TPSA) is 71.8 Å². The van der Waals surface area contributed by atoms with Gasteiger partial charge in [0.2, 0.25) is 0 Å². The molecular weight excluding hydrogens is 402 g/mol. The van der Waals surface area contributed by atoms with Crippen LogP contribution in [0, 0.1) is 0 Å². The van der Waals surface area contributed by atoms with Gasteiger partial charge in [-0.25, -0.2) is 14.8 Å². The van der Waals surface area contributed by atoms with E-state index in [1.165, 1.54) is 18.4 Å². The molecule has 1 atom stereocenters. The number of nitrogens with one attached hydrogen (secondary N) is 1. The van der Waals surface area contributed by atoms with Gasteiger partial charge in [0.05, 0.1) is 17.6 Å². The van der Waals surface area contributed by atoms with Gasteiger partial charge in [0.15, 0.2) is 0 Å². The first-order valence-electron chi connectivity index (χ1n) is 11.4. The van der Waals surface area contributed by atoms with Crippen LogP contribution >= 0.6 is 0 Å². The van der Waals surface area contributed by atoms with Gasteiger partial charge in [-0.15, -0.1) is 0 Å². The van der Waals surface area contributed by atoms with Crippen molar-refractivity contribution >= 4 is 17.6 Å². The van der Waals surface area contributed by atoms with Crippen LogP contribution in [0.2, 0.25) is 0 Å². The lowest BCUT2D eigenvalue weighted by molar-refractivity contribution is 0.0293. The van der Waals surface area contributed by atoms with Gasteiger partial charge in [0.25, 0.3) is 0 Å². The molecule has 0 aromatic carbocycles. The molecule has 2 aliphatic rings. The molecule has 1 saturated carbocycles. The van der Waals surface area contributed by atoms with Crippen molar-refractivity contribution in [3.63, 3.8) is 0 Å². The van der Waals surface area contributed by atoms with E-state index in [1.807, 2.05) is 45.2 Å². The van der Waals surface area contributed by atoms with Crippen LogP contribution in [0.15, 0.2) is 42.7 Å². The van der Waals surface area contributed by atoms with Crippen LogP contribution in [-0.2, 0) is 10.2 Å². The molecular formula is C25H31N5O2.